The Morgan fingerprint density at radius 3 is 2.74 bits per heavy atom. The van der Waals surface area contributed by atoms with Crippen LogP contribution in [0.25, 0.3) is 10.8 Å². The van der Waals surface area contributed by atoms with Crippen molar-refractivity contribution >= 4 is 10.8 Å². The molecule has 1 nitrogen and oxygen atoms in total. The van der Waals surface area contributed by atoms with Crippen molar-refractivity contribution in [1.82, 2.24) is 0 Å². The summed E-state index contributed by atoms with van der Waals surface area (Å²) in [7, 11) is 0. The molecule has 0 aromatic heterocycles. The van der Waals surface area contributed by atoms with Gasteiger partial charge in [-0.1, -0.05) is 49.4 Å². The summed E-state index contributed by atoms with van der Waals surface area (Å²) in [5.41, 5.74) is 1.19. The first-order valence-electron chi connectivity index (χ1n) is 7.10. The molecule has 2 aromatic carbocycles. The molecule has 0 saturated heterocycles. The summed E-state index contributed by atoms with van der Waals surface area (Å²) in [6.07, 6.45) is 4.19. The summed E-state index contributed by atoms with van der Waals surface area (Å²) in [5.74, 6) is 0.689. The number of hydrogen-bond acceptors (Lipinski definition) is 1. The maximum Gasteiger partial charge on any atom is 0.0693 e. The van der Waals surface area contributed by atoms with Gasteiger partial charge in [-0.25, -0.2) is 0 Å². The Hall–Kier alpha value is -1.81. The maximum atomic E-state index is 9.62. The fourth-order valence-electron chi connectivity index (χ4n) is 3.51. The lowest BCUT2D eigenvalue weighted by Gasteiger charge is -2.21. The topological polar surface area (TPSA) is 23.8 Å². The molecule has 2 atom stereocenters. The van der Waals surface area contributed by atoms with E-state index >= 15 is 0 Å². The van der Waals surface area contributed by atoms with Gasteiger partial charge in [-0.2, -0.15) is 5.26 Å². The Labute approximate surface area is 114 Å². The first-order valence-corrected chi connectivity index (χ1v) is 7.10. The van der Waals surface area contributed by atoms with E-state index in [4.69, 9.17) is 0 Å². The van der Waals surface area contributed by atoms with Crippen LogP contribution in [0.4, 0.5) is 0 Å². The maximum absolute atomic E-state index is 9.62. The predicted molar refractivity (Wildman–Crippen MR) is 78.7 cm³/mol. The minimum atomic E-state index is -0.135. The third-order valence-electron chi connectivity index (χ3n) is 4.50. The van der Waals surface area contributed by atoms with Gasteiger partial charge >= 0.3 is 0 Å². The summed E-state index contributed by atoms with van der Waals surface area (Å²) in [6.45, 7) is 2.27. The number of benzene rings is 2. The molecule has 0 bridgehead atoms. The van der Waals surface area contributed by atoms with E-state index < -0.39 is 0 Å². The highest BCUT2D eigenvalue weighted by atomic mass is 14.4. The van der Waals surface area contributed by atoms with Crippen LogP contribution in [0, 0.1) is 22.7 Å². The monoisotopic (exact) mass is 249 g/mol. The predicted octanol–water partition coefficient (Wildman–Crippen LogP) is 4.71. The van der Waals surface area contributed by atoms with E-state index in [-0.39, 0.29) is 5.41 Å². The second kappa shape index (κ2) is 4.70. The molecule has 0 aliphatic heterocycles. The van der Waals surface area contributed by atoms with Crippen molar-refractivity contribution in [2.24, 2.45) is 11.3 Å². The average molecular weight is 249 g/mol. The van der Waals surface area contributed by atoms with Gasteiger partial charge in [0, 0.05) is 0 Å². The molecule has 0 heterocycles. The van der Waals surface area contributed by atoms with Crippen molar-refractivity contribution in [3.8, 4) is 6.07 Å². The molecule has 0 amide bonds. The van der Waals surface area contributed by atoms with E-state index in [1.165, 1.54) is 22.8 Å². The Bertz CT molecular complexity index is 632. The van der Waals surface area contributed by atoms with Crippen LogP contribution in [0.1, 0.15) is 31.7 Å². The Morgan fingerprint density at radius 2 is 2.00 bits per heavy atom. The largest absolute Gasteiger partial charge is 0.198 e. The van der Waals surface area contributed by atoms with E-state index in [1.807, 2.05) is 0 Å². The molecule has 1 heteroatoms. The highest BCUT2D eigenvalue weighted by Crippen LogP contribution is 2.44. The molecule has 1 aliphatic rings. The summed E-state index contributed by atoms with van der Waals surface area (Å²) in [5, 5.41) is 12.2. The zero-order valence-corrected chi connectivity index (χ0v) is 11.4. The number of fused-ring (bicyclic) bond motifs is 1. The number of nitriles is 1. The van der Waals surface area contributed by atoms with Crippen LogP contribution in [-0.4, -0.2) is 0 Å². The van der Waals surface area contributed by atoms with Crippen LogP contribution in [0.15, 0.2) is 42.5 Å². The molecule has 3 rings (SSSR count). The van der Waals surface area contributed by atoms with Gasteiger partial charge in [-0.05, 0) is 47.9 Å². The van der Waals surface area contributed by atoms with Crippen molar-refractivity contribution < 1.29 is 0 Å². The fraction of sp³-hybridized carbons (Fsp3) is 0.389. The Kier molecular flexibility index (Phi) is 3.03. The quantitative estimate of drug-likeness (QED) is 0.756. The van der Waals surface area contributed by atoms with Crippen molar-refractivity contribution in [1.29, 1.82) is 5.26 Å². The average Bonchev–Trinajstić information content (AvgIpc) is 2.81. The SMILES string of the molecule is CC1CCC(C#N)(Cc2cccc3ccccc23)C1. The van der Waals surface area contributed by atoms with Crippen molar-refractivity contribution in [2.75, 3.05) is 0 Å². The van der Waals surface area contributed by atoms with Gasteiger partial charge < -0.3 is 0 Å². The normalized spacial score (nSPS) is 26.4. The summed E-state index contributed by atoms with van der Waals surface area (Å²) in [6, 6.07) is 17.5. The minimum Gasteiger partial charge on any atom is -0.198 e. The molecule has 19 heavy (non-hydrogen) atoms. The number of rotatable bonds is 2. The molecule has 1 aliphatic carbocycles. The minimum absolute atomic E-state index is 0.135. The number of hydrogen-bond donors (Lipinski definition) is 0. The Morgan fingerprint density at radius 1 is 1.21 bits per heavy atom. The molecular weight excluding hydrogens is 230 g/mol. The van der Waals surface area contributed by atoms with Gasteiger partial charge in [0.15, 0.2) is 0 Å². The Balaban J connectivity index is 2.00. The van der Waals surface area contributed by atoms with Gasteiger partial charge in [0.2, 0.25) is 0 Å². The van der Waals surface area contributed by atoms with E-state index in [0.29, 0.717) is 5.92 Å². The highest BCUT2D eigenvalue weighted by molar-refractivity contribution is 5.85. The highest BCUT2D eigenvalue weighted by Gasteiger charge is 2.37. The molecule has 2 aromatic rings. The smallest absolute Gasteiger partial charge is 0.0693 e. The van der Waals surface area contributed by atoms with Gasteiger partial charge in [0.25, 0.3) is 0 Å². The van der Waals surface area contributed by atoms with Crippen molar-refractivity contribution in [2.45, 2.75) is 32.6 Å². The summed E-state index contributed by atoms with van der Waals surface area (Å²) in [4.78, 5) is 0. The van der Waals surface area contributed by atoms with E-state index in [1.54, 1.807) is 0 Å². The lowest BCUT2D eigenvalue weighted by molar-refractivity contribution is 0.392. The third kappa shape index (κ3) is 2.24. The van der Waals surface area contributed by atoms with Gasteiger partial charge in [0.05, 0.1) is 11.5 Å². The second-order valence-electron chi connectivity index (χ2n) is 6.06. The molecule has 1 fully saturated rings. The fourth-order valence-corrected chi connectivity index (χ4v) is 3.51. The van der Waals surface area contributed by atoms with Crippen molar-refractivity contribution in [3.05, 3.63) is 48.0 Å². The van der Waals surface area contributed by atoms with Gasteiger partial charge in [0.1, 0.15) is 0 Å². The van der Waals surface area contributed by atoms with Crippen molar-refractivity contribution in [3.63, 3.8) is 0 Å². The second-order valence-corrected chi connectivity index (χ2v) is 6.06. The molecule has 0 spiro atoms. The van der Waals surface area contributed by atoms with E-state index in [2.05, 4.69) is 55.5 Å². The van der Waals surface area contributed by atoms with Crippen LogP contribution < -0.4 is 0 Å². The van der Waals surface area contributed by atoms with Crippen LogP contribution >= 0.6 is 0 Å². The molecular formula is C18H19N. The lowest BCUT2D eigenvalue weighted by atomic mass is 9.80. The van der Waals surface area contributed by atoms with Crippen LogP contribution in [0.3, 0.4) is 0 Å². The van der Waals surface area contributed by atoms with E-state index in [0.717, 1.165) is 19.3 Å². The molecule has 0 N–H and O–H groups in total. The van der Waals surface area contributed by atoms with Crippen LogP contribution in [0.2, 0.25) is 0 Å². The zero-order valence-electron chi connectivity index (χ0n) is 11.4. The summed E-state index contributed by atoms with van der Waals surface area (Å²) < 4.78 is 0. The molecule has 2 unspecified atom stereocenters. The van der Waals surface area contributed by atoms with Crippen LogP contribution in [-0.2, 0) is 6.42 Å². The molecule has 96 valence electrons. The van der Waals surface area contributed by atoms with E-state index in [9.17, 15) is 5.26 Å². The lowest BCUT2D eigenvalue weighted by Crippen LogP contribution is -2.18. The third-order valence-corrected chi connectivity index (χ3v) is 4.50. The molecule has 0 radical (unpaired) electrons. The standard InChI is InChI=1S/C18H19N/c1-14-9-10-18(11-14,13-19)12-16-7-4-6-15-5-2-3-8-17(15)16/h2-8,14H,9-12H2,1H3. The van der Waals surface area contributed by atoms with Gasteiger partial charge in [-0.15, -0.1) is 0 Å². The molecule has 1 saturated carbocycles. The number of nitrogens with zero attached hydrogens (tertiary/aromatic N) is 1. The summed E-state index contributed by atoms with van der Waals surface area (Å²) >= 11 is 0. The van der Waals surface area contributed by atoms with Gasteiger partial charge in [-0.3, -0.25) is 0 Å². The van der Waals surface area contributed by atoms with Crippen LogP contribution in [0.5, 0.6) is 0 Å². The first-order chi connectivity index (χ1) is 9.22. The first kappa shape index (κ1) is 12.2. The zero-order chi connectivity index (χ0) is 13.3.